The van der Waals surface area contributed by atoms with E-state index in [1.165, 1.54) is 0 Å². The molecule has 0 spiro atoms. The quantitative estimate of drug-likeness (QED) is 0.911. The van der Waals surface area contributed by atoms with E-state index < -0.39 is 0 Å². The summed E-state index contributed by atoms with van der Waals surface area (Å²) in [5.41, 5.74) is 1.88. The number of halogens is 1. The summed E-state index contributed by atoms with van der Waals surface area (Å²) in [5, 5.41) is 3.72. The molecule has 17 heavy (non-hydrogen) atoms. The summed E-state index contributed by atoms with van der Waals surface area (Å²) < 4.78 is 2.00. The Labute approximate surface area is 106 Å². The minimum Gasteiger partial charge on any atom is -0.385 e. The average molecular weight is 251 g/mol. The molecule has 0 radical (unpaired) electrons. The minimum absolute atomic E-state index is 0.619. The van der Waals surface area contributed by atoms with Crippen LogP contribution < -0.4 is 5.32 Å². The number of hydrogen-bond acceptors (Lipinski definition) is 3. The highest BCUT2D eigenvalue weighted by atomic mass is 35.5. The van der Waals surface area contributed by atoms with E-state index in [4.69, 9.17) is 11.6 Å². The first kappa shape index (κ1) is 11.9. The standard InChI is InChI=1S/C12H15ClN4/c1-4-11-16-8(2)7-17(11)12-10(14-3)5-9(13)6-15-12/h5-7,14H,4H2,1-3H3. The molecule has 0 unspecified atom stereocenters. The third-order valence-corrected chi connectivity index (χ3v) is 2.75. The van der Waals surface area contributed by atoms with E-state index in [-0.39, 0.29) is 0 Å². The molecule has 2 aromatic rings. The highest BCUT2D eigenvalue weighted by molar-refractivity contribution is 6.30. The molecule has 0 atom stereocenters. The number of nitrogens with zero attached hydrogens (tertiary/aromatic N) is 3. The van der Waals surface area contributed by atoms with Crippen molar-refractivity contribution in [3.05, 3.63) is 35.0 Å². The molecule has 90 valence electrons. The van der Waals surface area contributed by atoms with Crippen molar-refractivity contribution in [1.29, 1.82) is 0 Å². The van der Waals surface area contributed by atoms with Gasteiger partial charge < -0.3 is 5.32 Å². The van der Waals surface area contributed by atoms with Gasteiger partial charge in [0, 0.05) is 25.9 Å². The summed E-state index contributed by atoms with van der Waals surface area (Å²) in [6.45, 7) is 4.05. The van der Waals surface area contributed by atoms with Gasteiger partial charge in [0.25, 0.3) is 0 Å². The molecule has 2 heterocycles. The zero-order chi connectivity index (χ0) is 12.4. The van der Waals surface area contributed by atoms with E-state index in [2.05, 4.69) is 22.2 Å². The lowest BCUT2D eigenvalue weighted by Gasteiger charge is -2.11. The molecule has 0 fully saturated rings. The van der Waals surface area contributed by atoms with Crippen molar-refractivity contribution in [2.24, 2.45) is 0 Å². The van der Waals surface area contributed by atoms with E-state index in [0.717, 1.165) is 29.4 Å². The van der Waals surface area contributed by atoms with Crippen molar-refractivity contribution in [2.45, 2.75) is 20.3 Å². The second-order valence-electron chi connectivity index (χ2n) is 3.80. The molecule has 0 amide bonds. The maximum absolute atomic E-state index is 5.93. The SMILES string of the molecule is CCc1nc(C)cn1-c1ncc(Cl)cc1NC. The van der Waals surface area contributed by atoms with Crippen molar-refractivity contribution < 1.29 is 0 Å². The zero-order valence-corrected chi connectivity index (χ0v) is 10.9. The van der Waals surface area contributed by atoms with Crippen LogP contribution >= 0.6 is 11.6 Å². The van der Waals surface area contributed by atoms with Gasteiger partial charge in [-0.15, -0.1) is 0 Å². The van der Waals surface area contributed by atoms with Crippen LogP contribution in [0.5, 0.6) is 0 Å². The molecule has 2 rings (SSSR count). The van der Waals surface area contributed by atoms with Crippen LogP contribution in [0.1, 0.15) is 18.4 Å². The molecule has 0 bridgehead atoms. The lowest BCUT2D eigenvalue weighted by Crippen LogP contribution is -2.05. The Morgan fingerprint density at radius 2 is 2.24 bits per heavy atom. The molecule has 0 aliphatic heterocycles. The molecule has 0 aliphatic carbocycles. The number of rotatable bonds is 3. The van der Waals surface area contributed by atoms with Gasteiger partial charge in [0.15, 0.2) is 5.82 Å². The normalized spacial score (nSPS) is 10.6. The topological polar surface area (TPSA) is 42.7 Å². The highest BCUT2D eigenvalue weighted by Crippen LogP contribution is 2.23. The van der Waals surface area contributed by atoms with Crippen LogP contribution in [-0.4, -0.2) is 21.6 Å². The molecule has 2 aromatic heterocycles. The predicted molar refractivity (Wildman–Crippen MR) is 70.0 cm³/mol. The molecule has 0 aromatic carbocycles. The Morgan fingerprint density at radius 3 is 2.88 bits per heavy atom. The summed E-state index contributed by atoms with van der Waals surface area (Å²) in [5.74, 6) is 1.82. The molecule has 0 aliphatic rings. The first-order chi connectivity index (χ1) is 8.15. The van der Waals surface area contributed by atoms with Gasteiger partial charge in [-0.2, -0.15) is 0 Å². The molecule has 0 saturated carbocycles. The monoisotopic (exact) mass is 250 g/mol. The summed E-state index contributed by atoms with van der Waals surface area (Å²) in [7, 11) is 1.85. The van der Waals surface area contributed by atoms with Gasteiger partial charge >= 0.3 is 0 Å². The molecular formula is C12H15ClN4. The van der Waals surface area contributed by atoms with E-state index in [1.807, 2.05) is 30.8 Å². The largest absolute Gasteiger partial charge is 0.385 e. The summed E-state index contributed by atoms with van der Waals surface area (Å²) in [6.07, 6.45) is 4.49. The number of anilines is 1. The maximum Gasteiger partial charge on any atom is 0.161 e. The number of aromatic nitrogens is 3. The fourth-order valence-electron chi connectivity index (χ4n) is 1.79. The van der Waals surface area contributed by atoms with Crippen LogP contribution in [0.15, 0.2) is 18.5 Å². The van der Waals surface area contributed by atoms with Crippen molar-refractivity contribution in [1.82, 2.24) is 14.5 Å². The summed E-state index contributed by atoms with van der Waals surface area (Å²) >= 11 is 5.93. The Morgan fingerprint density at radius 1 is 1.47 bits per heavy atom. The zero-order valence-electron chi connectivity index (χ0n) is 10.2. The van der Waals surface area contributed by atoms with Crippen molar-refractivity contribution in [3.8, 4) is 5.82 Å². The summed E-state index contributed by atoms with van der Waals surface area (Å²) in [6, 6.07) is 1.86. The second-order valence-corrected chi connectivity index (χ2v) is 4.23. The third kappa shape index (κ3) is 2.26. The van der Waals surface area contributed by atoms with Gasteiger partial charge in [-0.1, -0.05) is 18.5 Å². The highest BCUT2D eigenvalue weighted by Gasteiger charge is 2.11. The lowest BCUT2D eigenvalue weighted by molar-refractivity contribution is 0.868. The van der Waals surface area contributed by atoms with Crippen LogP contribution in [0, 0.1) is 6.92 Å². The predicted octanol–water partition coefficient (Wildman–Crippen LogP) is 2.83. The lowest BCUT2D eigenvalue weighted by atomic mass is 10.3. The Bertz CT molecular complexity index is 533. The van der Waals surface area contributed by atoms with Gasteiger partial charge in [-0.3, -0.25) is 4.57 Å². The fourth-order valence-corrected chi connectivity index (χ4v) is 1.95. The number of aryl methyl sites for hydroxylation is 2. The van der Waals surface area contributed by atoms with Crippen LogP contribution in [0.4, 0.5) is 5.69 Å². The minimum atomic E-state index is 0.619. The van der Waals surface area contributed by atoms with E-state index >= 15 is 0 Å². The second kappa shape index (κ2) is 4.75. The van der Waals surface area contributed by atoms with Gasteiger partial charge in [0.05, 0.1) is 16.4 Å². The number of nitrogens with one attached hydrogen (secondary N) is 1. The molecular weight excluding hydrogens is 236 g/mol. The van der Waals surface area contributed by atoms with Gasteiger partial charge in [0.2, 0.25) is 0 Å². The van der Waals surface area contributed by atoms with Crippen LogP contribution in [0.25, 0.3) is 5.82 Å². The van der Waals surface area contributed by atoms with Crippen LogP contribution in [0.2, 0.25) is 5.02 Å². The number of hydrogen-bond donors (Lipinski definition) is 1. The van der Waals surface area contributed by atoms with E-state index in [9.17, 15) is 0 Å². The van der Waals surface area contributed by atoms with Gasteiger partial charge in [-0.05, 0) is 13.0 Å². The Hall–Kier alpha value is -1.55. The summed E-state index contributed by atoms with van der Waals surface area (Å²) in [4.78, 5) is 8.84. The average Bonchev–Trinajstić information content (AvgIpc) is 2.70. The first-order valence-corrected chi connectivity index (χ1v) is 5.92. The fraction of sp³-hybridized carbons (Fsp3) is 0.333. The maximum atomic E-state index is 5.93. The van der Waals surface area contributed by atoms with E-state index in [0.29, 0.717) is 5.02 Å². The molecule has 1 N–H and O–H groups in total. The van der Waals surface area contributed by atoms with Gasteiger partial charge in [-0.25, -0.2) is 9.97 Å². The first-order valence-electron chi connectivity index (χ1n) is 5.54. The Kier molecular flexibility index (Phi) is 3.33. The molecule has 0 saturated heterocycles. The third-order valence-electron chi connectivity index (χ3n) is 2.55. The van der Waals surface area contributed by atoms with Crippen LogP contribution in [-0.2, 0) is 6.42 Å². The van der Waals surface area contributed by atoms with E-state index in [1.54, 1.807) is 6.20 Å². The van der Waals surface area contributed by atoms with Gasteiger partial charge in [0.1, 0.15) is 5.82 Å². The molecule has 5 heteroatoms. The smallest absolute Gasteiger partial charge is 0.161 e. The van der Waals surface area contributed by atoms with Crippen molar-refractivity contribution in [2.75, 3.05) is 12.4 Å². The van der Waals surface area contributed by atoms with Crippen LogP contribution in [0.3, 0.4) is 0 Å². The van der Waals surface area contributed by atoms with Crippen molar-refractivity contribution in [3.63, 3.8) is 0 Å². The number of pyridine rings is 1. The van der Waals surface area contributed by atoms with Crippen molar-refractivity contribution >= 4 is 17.3 Å². The Balaban J connectivity index is 2.59. The molecule has 4 nitrogen and oxygen atoms in total. The number of imidazole rings is 1.